The Kier molecular flexibility index (Phi) is 2.49. The lowest BCUT2D eigenvalue weighted by atomic mass is 10.1. The number of carbonyl (C=O) groups is 1. The van der Waals surface area contributed by atoms with E-state index in [9.17, 15) is 4.79 Å². The van der Waals surface area contributed by atoms with Crippen LogP contribution in [0.4, 0.5) is 5.69 Å². The highest BCUT2D eigenvalue weighted by molar-refractivity contribution is 5.97. The van der Waals surface area contributed by atoms with Gasteiger partial charge in [-0.2, -0.15) is 0 Å². The number of hydrogen-bond acceptors (Lipinski definition) is 2. The quantitative estimate of drug-likeness (QED) is 0.789. The van der Waals surface area contributed by atoms with Crippen LogP contribution in [-0.4, -0.2) is 17.6 Å². The Balaban J connectivity index is 2.03. The van der Waals surface area contributed by atoms with Crippen molar-refractivity contribution in [1.82, 2.24) is 0 Å². The van der Waals surface area contributed by atoms with Gasteiger partial charge in [0.1, 0.15) is 0 Å². The predicted octanol–water partition coefficient (Wildman–Crippen LogP) is 1.71. The third kappa shape index (κ3) is 2.02. The largest absolute Gasteiger partial charge is 0.395 e. The zero-order valence-electron chi connectivity index (χ0n) is 8.79. The third-order valence-corrected chi connectivity index (χ3v) is 2.95. The molecular formula is C12H15NO2. The molecule has 1 fully saturated rings. The fourth-order valence-corrected chi connectivity index (χ4v) is 1.51. The molecule has 2 N–H and O–H groups in total. The monoisotopic (exact) mass is 205 g/mol. The molecule has 0 atom stereocenters. The van der Waals surface area contributed by atoms with Crippen molar-refractivity contribution in [2.24, 2.45) is 5.41 Å². The zero-order chi connectivity index (χ0) is 10.9. The van der Waals surface area contributed by atoms with Crippen LogP contribution in [-0.2, 0) is 4.79 Å². The van der Waals surface area contributed by atoms with Gasteiger partial charge in [0.25, 0.3) is 0 Å². The fourth-order valence-electron chi connectivity index (χ4n) is 1.51. The minimum Gasteiger partial charge on any atom is -0.395 e. The Hall–Kier alpha value is -1.35. The van der Waals surface area contributed by atoms with Crippen LogP contribution < -0.4 is 5.32 Å². The molecule has 3 heteroatoms. The van der Waals surface area contributed by atoms with Crippen molar-refractivity contribution in [3.8, 4) is 0 Å². The molecule has 1 aliphatic carbocycles. The van der Waals surface area contributed by atoms with Crippen LogP contribution in [0.5, 0.6) is 0 Å². The van der Waals surface area contributed by atoms with Crippen LogP contribution in [0.2, 0.25) is 0 Å². The van der Waals surface area contributed by atoms with Crippen molar-refractivity contribution in [2.45, 2.75) is 19.8 Å². The maximum absolute atomic E-state index is 11.7. The molecule has 0 aliphatic heterocycles. The number of aliphatic hydroxyl groups is 1. The molecule has 0 heterocycles. The molecule has 0 spiro atoms. The Morgan fingerprint density at radius 1 is 1.40 bits per heavy atom. The average molecular weight is 205 g/mol. The van der Waals surface area contributed by atoms with Gasteiger partial charge in [-0.05, 0) is 31.9 Å². The SMILES string of the molecule is Cc1ccc(NC(=O)C2(CO)CC2)cc1. The first-order chi connectivity index (χ1) is 7.16. The summed E-state index contributed by atoms with van der Waals surface area (Å²) >= 11 is 0. The molecule has 1 aromatic carbocycles. The molecule has 1 aromatic rings. The van der Waals surface area contributed by atoms with Crippen molar-refractivity contribution in [1.29, 1.82) is 0 Å². The van der Waals surface area contributed by atoms with E-state index in [-0.39, 0.29) is 12.5 Å². The second kappa shape index (κ2) is 3.66. The van der Waals surface area contributed by atoms with E-state index in [1.54, 1.807) is 0 Å². The normalized spacial score (nSPS) is 17.2. The molecule has 0 aromatic heterocycles. The van der Waals surface area contributed by atoms with Gasteiger partial charge in [-0.15, -0.1) is 0 Å². The van der Waals surface area contributed by atoms with Crippen molar-refractivity contribution >= 4 is 11.6 Å². The van der Waals surface area contributed by atoms with Crippen LogP contribution in [0.25, 0.3) is 0 Å². The standard InChI is InChI=1S/C12H15NO2/c1-9-2-4-10(5-3-9)13-11(15)12(8-14)6-7-12/h2-5,14H,6-8H2,1H3,(H,13,15). The van der Waals surface area contributed by atoms with Crippen LogP contribution in [0.3, 0.4) is 0 Å². The first-order valence-electron chi connectivity index (χ1n) is 5.15. The lowest BCUT2D eigenvalue weighted by Crippen LogP contribution is -2.27. The Labute approximate surface area is 89.1 Å². The van der Waals surface area contributed by atoms with Gasteiger partial charge in [0.2, 0.25) is 5.91 Å². The first-order valence-corrected chi connectivity index (χ1v) is 5.15. The van der Waals surface area contributed by atoms with E-state index in [1.807, 2.05) is 31.2 Å². The molecule has 0 unspecified atom stereocenters. The number of amides is 1. The second-order valence-electron chi connectivity index (χ2n) is 4.26. The number of hydrogen-bond donors (Lipinski definition) is 2. The maximum atomic E-state index is 11.7. The highest BCUT2D eigenvalue weighted by atomic mass is 16.3. The lowest BCUT2D eigenvalue weighted by molar-refractivity contribution is -0.122. The van der Waals surface area contributed by atoms with E-state index in [0.29, 0.717) is 0 Å². The summed E-state index contributed by atoms with van der Waals surface area (Å²) in [6.45, 7) is 1.95. The van der Waals surface area contributed by atoms with Gasteiger partial charge in [0, 0.05) is 5.69 Å². The van der Waals surface area contributed by atoms with Crippen LogP contribution in [0.15, 0.2) is 24.3 Å². The average Bonchev–Trinajstić information content (AvgIpc) is 3.02. The zero-order valence-corrected chi connectivity index (χ0v) is 8.79. The number of aryl methyl sites for hydroxylation is 1. The highest BCUT2D eigenvalue weighted by Gasteiger charge is 2.49. The number of nitrogens with one attached hydrogen (secondary N) is 1. The molecule has 1 saturated carbocycles. The summed E-state index contributed by atoms with van der Waals surface area (Å²) in [4.78, 5) is 11.7. The Morgan fingerprint density at radius 2 is 2.00 bits per heavy atom. The molecule has 80 valence electrons. The lowest BCUT2D eigenvalue weighted by Gasteiger charge is -2.12. The molecule has 0 bridgehead atoms. The summed E-state index contributed by atoms with van der Waals surface area (Å²) in [6, 6.07) is 7.66. The summed E-state index contributed by atoms with van der Waals surface area (Å²) in [5.74, 6) is -0.0612. The van der Waals surface area contributed by atoms with Crippen molar-refractivity contribution in [2.75, 3.05) is 11.9 Å². The van der Waals surface area contributed by atoms with Crippen LogP contribution >= 0.6 is 0 Å². The highest BCUT2D eigenvalue weighted by Crippen LogP contribution is 2.45. The number of carbonyl (C=O) groups excluding carboxylic acids is 1. The van der Waals surface area contributed by atoms with Gasteiger partial charge in [-0.1, -0.05) is 17.7 Å². The van der Waals surface area contributed by atoms with E-state index >= 15 is 0 Å². The van der Waals surface area contributed by atoms with Gasteiger partial charge >= 0.3 is 0 Å². The summed E-state index contributed by atoms with van der Waals surface area (Å²) < 4.78 is 0. The van der Waals surface area contributed by atoms with E-state index in [0.717, 1.165) is 24.1 Å². The molecule has 0 radical (unpaired) electrons. The first kappa shape index (κ1) is 10.2. The number of anilines is 1. The van der Waals surface area contributed by atoms with Gasteiger partial charge in [0.05, 0.1) is 12.0 Å². The second-order valence-corrected chi connectivity index (χ2v) is 4.26. The minimum absolute atomic E-state index is 0.0509. The molecule has 0 saturated heterocycles. The number of benzene rings is 1. The van der Waals surface area contributed by atoms with Crippen molar-refractivity contribution in [3.05, 3.63) is 29.8 Å². The van der Waals surface area contributed by atoms with Crippen LogP contribution in [0, 0.1) is 12.3 Å². The molecule has 1 aliphatic rings. The van der Waals surface area contributed by atoms with Gasteiger partial charge < -0.3 is 10.4 Å². The van der Waals surface area contributed by atoms with Gasteiger partial charge in [-0.3, -0.25) is 4.79 Å². The summed E-state index contributed by atoms with van der Waals surface area (Å²) in [6.07, 6.45) is 1.59. The molecular weight excluding hydrogens is 190 g/mol. The molecule has 3 nitrogen and oxygen atoms in total. The molecule has 2 rings (SSSR count). The summed E-state index contributed by atoms with van der Waals surface area (Å²) in [5, 5.41) is 11.9. The Bertz CT molecular complexity index is 366. The number of aliphatic hydroxyl groups excluding tert-OH is 1. The minimum atomic E-state index is -0.495. The predicted molar refractivity (Wildman–Crippen MR) is 58.6 cm³/mol. The molecule has 15 heavy (non-hydrogen) atoms. The van der Waals surface area contributed by atoms with E-state index < -0.39 is 5.41 Å². The van der Waals surface area contributed by atoms with Crippen molar-refractivity contribution < 1.29 is 9.90 Å². The maximum Gasteiger partial charge on any atom is 0.232 e. The fraction of sp³-hybridized carbons (Fsp3) is 0.417. The number of rotatable bonds is 3. The topological polar surface area (TPSA) is 49.3 Å². The van der Waals surface area contributed by atoms with E-state index in [2.05, 4.69) is 5.32 Å². The van der Waals surface area contributed by atoms with Gasteiger partial charge in [-0.25, -0.2) is 0 Å². The van der Waals surface area contributed by atoms with Crippen LogP contribution in [0.1, 0.15) is 18.4 Å². The molecule has 1 amide bonds. The van der Waals surface area contributed by atoms with E-state index in [4.69, 9.17) is 5.11 Å². The van der Waals surface area contributed by atoms with Crippen molar-refractivity contribution in [3.63, 3.8) is 0 Å². The van der Waals surface area contributed by atoms with Gasteiger partial charge in [0.15, 0.2) is 0 Å². The Morgan fingerprint density at radius 3 is 2.47 bits per heavy atom. The summed E-state index contributed by atoms with van der Waals surface area (Å²) in [5.41, 5.74) is 1.46. The third-order valence-electron chi connectivity index (χ3n) is 2.95. The van der Waals surface area contributed by atoms with E-state index in [1.165, 1.54) is 0 Å². The summed E-state index contributed by atoms with van der Waals surface area (Å²) in [7, 11) is 0. The smallest absolute Gasteiger partial charge is 0.232 e.